The molecule has 0 spiro atoms. The van der Waals surface area contributed by atoms with E-state index in [0.29, 0.717) is 5.92 Å². The number of hydrogen-bond acceptors (Lipinski definition) is 0. The van der Waals surface area contributed by atoms with E-state index in [1.807, 2.05) is 0 Å². The van der Waals surface area contributed by atoms with Crippen molar-refractivity contribution in [3.8, 4) is 0 Å². The Morgan fingerprint density at radius 3 is 2.56 bits per heavy atom. The molecule has 1 unspecified atom stereocenters. The van der Waals surface area contributed by atoms with E-state index < -0.39 is 0 Å². The monoisotopic (exact) mass is 356 g/mol. The summed E-state index contributed by atoms with van der Waals surface area (Å²) in [5.41, 5.74) is 12.3. The molecule has 0 nitrogen and oxygen atoms in total. The summed E-state index contributed by atoms with van der Waals surface area (Å²) in [6, 6.07) is 7.20. The second-order valence-corrected chi connectivity index (χ2v) is 9.31. The summed E-state index contributed by atoms with van der Waals surface area (Å²) in [4.78, 5) is 0. The van der Waals surface area contributed by atoms with Gasteiger partial charge in [-0.1, -0.05) is 95.2 Å². The van der Waals surface area contributed by atoms with Crippen LogP contribution in [0.1, 0.15) is 70.6 Å². The zero-order valence-corrected chi connectivity index (χ0v) is 17.5. The van der Waals surface area contributed by atoms with Crippen LogP contribution in [0.2, 0.25) is 0 Å². The molecule has 0 amide bonds. The topological polar surface area (TPSA) is 0 Å². The van der Waals surface area contributed by atoms with Crippen molar-refractivity contribution in [1.29, 1.82) is 0 Å². The van der Waals surface area contributed by atoms with Crippen molar-refractivity contribution in [2.45, 2.75) is 65.7 Å². The maximum atomic E-state index is 2.46. The first-order valence-electron chi connectivity index (χ1n) is 10.5. The van der Waals surface area contributed by atoms with Crippen LogP contribution in [0.4, 0.5) is 0 Å². The van der Waals surface area contributed by atoms with E-state index in [1.165, 1.54) is 40.7 Å². The number of allylic oxidation sites excluding steroid dienone is 10. The number of benzene rings is 1. The van der Waals surface area contributed by atoms with Crippen molar-refractivity contribution in [3.05, 3.63) is 87.6 Å². The molecule has 0 bridgehead atoms. The van der Waals surface area contributed by atoms with Gasteiger partial charge in [0.1, 0.15) is 0 Å². The lowest BCUT2D eigenvalue weighted by Crippen LogP contribution is -2.11. The fourth-order valence-corrected chi connectivity index (χ4v) is 4.77. The molecule has 0 saturated heterocycles. The molecule has 0 radical (unpaired) electrons. The van der Waals surface area contributed by atoms with E-state index in [9.17, 15) is 0 Å². The summed E-state index contributed by atoms with van der Waals surface area (Å²) in [6.45, 7) is 11.6. The van der Waals surface area contributed by atoms with Gasteiger partial charge < -0.3 is 0 Å². The van der Waals surface area contributed by atoms with Crippen molar-refractivity contribution in [1.82, 2.24) is 0 Å². The molecule has 27 heavy (non-hydrogen) atoms. The first-order chi connectivity index (χ1) is 12.9. The maximum absolute atomic E-state index is 2.46. The van der Waals surface area contributed by atoms with E-state index in [-0.39, 0.29) is 5.41 Å². The molecule has 0 saturated carbocycles. The number of hydrogen-bond donors (Lipinski definition) is 0. The molecule has 3 aliphatic carbocycles. The van der Waals surface area contributed by atoms with Gasteiger partial charge in [0.25, 0.3) is 0 Å². The van der Waals surface area contributed by atoms with Crippen LogP contribution in [-0.4, -0.2) is 0 Å². The predicted octanol–water partition coefficient (Wildman–Crippen LogP) is 7.48. The van der Waals surface area contributed by atoms with Crippen molar-refractivity contribution in [3.63, 3.8) is 0 Å². The minimum absolute atomic E-state index is 0.196. The summed E-state index contributed by atoms with van der Waals surface area (Å²) in [6.07, 6.45) is 16.2. The fraction of sp³-hybridized carbons (Fsp3) is 0.407. The highest BCUT2D eigenvalue weighted by molar-refractivity contribution is 5.91. The second-order valence-electron chi connectivity index (χ2n) is 9.31. The highest BCUT2D eigenvalue weighted by Crippen LogP contribution is 2.47. The quantitative estimate of drug-likeness (QED) is 0.524. The Bertz CT molecular complexity index is 919. The molecule has 140 valence electrons. The van der Waals surface area contributed by atoms with Crippen LogP contribution in [-0.2, 0) is 11.8 Å². The van der Waals surface area contributed by atoms with Gasteiger partial charge in [-0.15, -0.1) is 0 Å². The van der Waals surface area contributed by atoms with Crippen LogP contribution in [0, 0.1) is 5.92 Å². The average molecular weight is 357 g/mol. The van der Waals surface area contributed by atoms with Crippen molar-refractivity contribution < 1.29 is 0 Å². The van der Waals surface area contributed by atoms with Crippen LogP contribution < -0.4 is 0 Å². The van der Waals surface area contributed by atoms with E-state index in [0.717, 1.165) is 12.8 Å². The van der Waals surface area contributed by atoms with E-state index in [1.54, 1.807) is 16.7 Å². The highest BCUT2D eigenvalue weighted by atomic mass is 14.3. The summed E-state index contributed by atoms with van der Waals surface area (Å²) in [7, 11) is 0. The Morgan fingerprint density at radius 2 is 1.89 bits per heavy atom. The number of rotatable bonds is 4. The van der Waals surface area contributed by atoms with Crippen molar-refractivity contribution in [2.75, 3.05) is 0 Å². The van der Waals surface area contributed by atoms with E-state index in [2.05, 4.69) is 83.2 Å². The van der Waals surface area contributed by atoms with Gasteiger partial charge in [0, 0.05) is 5.92 Å². The molecule has 0 heteroatoms. The molecule has 3 aliphatic rings. The molecule has 1 atom stereocenters. The van der Waals surface area contributed by atoms with Crippen LogP contribution in [0.15, 0.2) is 70.9 Å². The van der Waals surface area contributed by atoms with Gasteiger partial charge >= 0.3 is 0 Å². The lowest BCUT2D eigenvalue weighted by atomic mass is 9.84. The SMILES string of the molecule is CCCC1=CC=C(C2=C(C3=CC=CC3)c3ccc(C(C)(C)C)cc3C2)C1C. The minimum Gasteiger partial charge on any atom is -0.0801 e. The Labute approximate surface area is 165 Å². The third-order valence-electron chi connectivity index (χ3n) is 6.39. The molecule has 0 aromatic heterocycles. The molecular weight excluding hydrogens is 324 g/mol. The van der Waals surface area contributed by atoms with Gasteiger partial charge in [0.05, 0.1) is 0 Å². The smallest absolute Gasteiger partial charge is 0.00260 e. The van der Waals surface area contributed by atoms with Crippen molar-refractivity contribution >= 4 is 5.57 Å². The molecular formula is C27H32. The van der Waals surface area contributed by atoms with E-state index in [4.69, 9.17) is 0 Å². The summed E-state index contributed by atoms with van der Waals surface area (Å²) < 4.78 is 0. The van der Waals surface area contributed by atoms with Crippen LogP contribution in [0.5, 0.6) is 0 Å². The molecule has 0 fully saturated rings. The average Bonchev–Trinajstić information content (AvgIpc) is 3.32. The first-order valence-corrected chi connectivity index (χ1v) is 10.5. The second kappa shape index (κ2) is 6.82. The zero-order valence-electron chi connectivity index (χ0n) is 17.5. The molecule has 0 aliphatic heterocycles. The normalized spacial score (nSPS) is 21.5. The standard InChI is InChI=1S/C27H32/c1-6-9-19-12-14-23(18(19)2)25-17-21-16-22(27(3,4)5)13-15-24(21)26(25)20-10-7-8-11-20/h7-8,10,12-16,18H,6,9,11,17H2,1-5H3. The Hall–Kier alpha value is -2.08. The van der Waals surface area contributed by atoms with Crippen LogP contribution in [0.3, 0.4) is 0 Å². The predicted molar refractivity (Wildman–Crippen MR) is 118 cm³/mol. The molecule has 4 rings (SSSR count). The maximum Gasteiger partial charge on any atom is 0.00260 e. The molecule has 0 N–H and O–H groups in total. The summed E-state index contributed by atoms with van der Waals surface area (Å²) in [5.74, 6) is 0.557. The minimum atomic E-state index is 0.196. The van der Waals surface area contributed by atoms with E-state index >= 15 is 0 Å². The number of fused-ring (bicyclic) bond motifs is 1. The van der Waals surface area contributed by atoms with Gasteiger partial charge in [0.15, 0.2) is 0 Å². The molecule has 1 aromatic carbocycles. The fourth-order valence-electron chi connectivity index (χ4n) is 4.77. The van der Waals surface area contributed by atoms with Gasteiger partial charge in [-0.2, -0.15) is 0 Å². The van der Waals surface area contributed by atoms with Gasteiger partial charge in [-0.3, -0.25) is 0 Å². The Morgan fingerprint density at radius 1 is 1.07 bits per heavy atom. The van der Waals surface area contributed by atoms with Gasteiger partial charge in [-0.05, 0) is 63.7 Å². The summed E-state index contributed by atoms with van der Waals surface area (Å²) in [5, 5.41) is 0. The highest BCUT2D eigenvalue weighted by Gasteiger charge is 2.31. The zero-order chi connectivity index (χ0) is 19.2. The van der Waals surface area contributed by atoms with Crippen LogP contribution >= 0.6 is 0 Å². The van der Waals surface area contributed by atoms with Crippen molar-refractivity contribution in [2.24, 2.45) is 5.92 Å². The third-order valence-corrected chi connectivity index (χ3v) is 6.39. The Balaban J connectivity index is 1.76. The lowest BCUT2D eigenvalue weighted by Gasteiger charge is -2.20. The Kier molecular flexibility index (Phi) is 4.62. The van der Waals surface area contributed by atoms with Gasteiger partial charge in [0.2, 0.25) is 0 Å². The summed E-state index contributed by atoms with van der Waals surface area (Å²) >= 11 is 0. The largest absolute Gasteiger partial charge is 0.0801 e. The first kappa shape index (κ1) is 18.3. The van der Waals surface area contributed by atoms with Crippen LogP contribution in [0.25, 0.3) is 5.57 Å². The third kappa shape index (κ3) is 3.20. The lowest BCUT2D eigenvalue weighted by molar-refractivity contribution is 0.589. The molecule has 1 aromatic rings. The van der Waals surface area contributed by atoms with Gasteiger partial charge in [-0.25, -0.2) is 0 Å². The molecule has 0 heterocycles.